The smallest absolute Gasteiger partial charge is 0.0503 e. The van der Waals surface area contributed by atoms with Gasteiger partial charge in [-0.25, -0.2) is 0 Å². The third-order valence-corrected chi connectivity index (χ3v) is 4.50. The monoisotopic (exact) mass is 163 g/mol. The maximum absolute atomic E-state index is 5.39. The lowest BCUT2D eigenvalue weighted by Crippen LogP contribution is -2.01. The zero-order valence-electron chi connectivity index (χ0n) is 5.51. The summed E-state index contributed by atoms with van der Waals surface area (Å²) in [6, 6.07) is 0. The summed E-state index contributed by atoms with van der Waals surface area (Å²) in [5, 5.41) is 0. The lowest BCUT2D eigenvalue weighted by molar-refractivity contribution is 0.799. The molecule has 3 heteroatoms. The molecular weight excluding hydrogens is 150 g/mol. The first-order valence-corrected chi connectivity index (χ1v) is 5.46. The van der Waals surface area contributed by atoms with Crippen LogP contribution in [0.15, 0.2) is 0 Å². The molecule has 54 valence electrons. The van der Waals surface area contributed by atoms with Gasteiger partial charge in [0.2, 0.25) is 0 Å². The molecule has 0 radical (unpaired) electrons. The zero-order valence-corrected chi connectivity index (χ0v) is 7.14. The maximum Gasteiger partial charge on any atom is 0.0503 e. The molecule has 1 aliphatic heterocycles. The fourth-order valence-electron chi connectivity index (χ4n) is 0.858. The van der Waals surface area contributed by atoms with Crippen LogP contribution in [0.4, 0.5) is 0 Å². The van der Waals surface area contributed by atoms with Gasteiger partial charge in [-0.05, 0) is 19.4 Å². The van der Waals surface area contributed by atoms with Gasteiger partial charge in [-0.15, -0.1) is 23.5 Å². The fourth-order valence-corrected chi connectivity index (χ4v) is 3.78. The van der Waals surface area contributed by atoms with E-state index < -0.39 is 0 Å². The van der Waals surface area contributed by atoms with Gasteiger partial charge in [0.15, 0.2) is 0 Å². The zero-order chi connectivity index (χ0) is 6.53. The molecule has 0 aromatic rings. The van der Waals surface area contributed by atoms with Crippen molar-refractivity contribution in [2.75, 3.05) is 18.1 Å². The molecule has 1 rings (SSSR count). The van der Waals surface area contributed by atoms with E-state index in [2.05, 4.69) is 23.5 Å². The van der Waals surface area contributed by atoms with E-state index in [0.29, 0.717) is 0 Å². The summed E-state index contributed by atoms with van der Waals surface area (Å²) in [7, 11) is 0. The largest absolute Gasteiger partial charge is 0.330 e. The minimum atomic E-state index is 0.859. The molecule has 0 bridgehead atoms. The third-order valence-electron chi connectivity index (χ3n) is 1.33. The Balaban J connectivity index is 1.98. The number of rotatable bonds is 3. The van der Waals surface area contributed by atoms with Crippen molar-refractivity contribution in [2.45, 2.75) is 17.4 Å². The summed E-state index contributed by atoms with van der Waals surface area (Å²) in [4.78, 5) is 0. The summed E-state index contributed by atoms with van der Waals surface area (Å²) < 4.78 is 0.869. The Morgan fingerprint density at radius 3 is 2.56 bits per heavy atom. The molecule has 0 amide bonds. The highest BCUT2D eigenvalue weighted by Crippen LogP contribution is 2.34. The van der Waals surface area contributed by atoms with Gasteiger partial charge in [-0.2, -0.15) is 0 Å². The van der Waals surface area contributed by atoms with Crippen molar-refractivity contribution in [1.82, 2.24) is 0 Å². The molecule has 0 spiro atoms. The molecule has 1 heterocycles. The molecule has 1 nitrogen and oxygen atoms in total. The Hall–Kier alpha value is 0.660. The Morgan fingerprint density at radius 2 is 2.00 bits per heavy atom. The van der Waals surface area contributed by atoms with Gasteiger partial charge in [0.25, 0.3) is 0 Å². The average Bonchev–Trinajstić information content (AvgIpc) is 2.34. The molecule has 2 N–H and O–H groups in total. The Labute approximate surface area is 65.1 Å². The second-order valence-electron chi connectivity index (χ2n) is 2.10. The predicted octanol–water partition coefficient (Wildman–Crippen LogP) is 1.53. The van der Waals surface area contributed by atoms with Crippen molar-refractivity contribution in [3.05, 3.63) is 0 Å². The first-order valence-electron chi connectivity index (χ1n) is 3.37. The third kappa shape index (κ3) is 2.83. The van der Waals surface area contributed by atoms with Gasteiger partial charge in [-0.3, -0.25) is 0 Å². The van der Waals surface area contributed by atoms with E-state index in [1.807, 2.05) is 0 Å². The van der Waals surface area contributed by atoms with Gasteiger partial charge in [-0.1, -0.05) is 0 Å². The molecule has 0 aromatic carbocycles. The highest BCUT2D eigenvalue weighted by molar-refractivity contribution is 8.20. The van der Waals surface area contributed by atoms with Crippen LogP contribution in [0.3, 0.4) is 0 Å². The van der Waals surface area contributed by atoms with Crippen molar-refractivity contribution >= 4 is 23.5 Å². The topological polar surface area (TPSA) is 26.0 Å². The van der Waals surface area contributed by atoms with Crippen LogP contribution in [0.1, 0.15) is 12.8 Å². The Kier molecular flexibility index (Phi) is 3.86. The molecule has 0 atom stereocenters. The molecule has 0 saturated carbocycles. The summed E-state index contributed by atoms with van der Waals surface area (Å²) in [5.74, 6) is 2.69. The fraction of sp³-hybridized carbons (Fsp3) is 1.00. The van der Waals surface area contributed by atoms with Crippen molar-refractivity contribution < 1.29 is 0 Å². The Morgan fingerprint density at radius 1 is 1.33 bits per heavy atom. The molecule has 1 aliphatic rings. The highest BCUT2D eigenvalue weighted by atomic mass is 32.2. The molecule has 1 fully saturated rings. The van der Waals surface area contributed by atoms with E-state index in [1.165, 1.54) is 24.3 Å². The second kappa shape index (κ2) is 4.47. The number of hydrogen-bond donors (Lipinski definition) is 1. The number of thioether (sulfide) groups is 2. The second-order valence-corrected chi connectivity index (χ2v) is 5.02. The summed E-state index contributed by atoms with van der Waals surface area (Å²) in [5.41, 5.74) is 5.39. The summed E-state index contributed by atoms with van der Waals surface area (Å²) >= 11 is 4.18. The van der Waals surface area contributed by atoms with Crippen LogP contribution >= 0.6 is 23.5 Å². The van der Waals surface area contributed by atoms with Crippen LogP contribution in [0.25, 0.3) is 0 Å². The van der Waals surface area contributed by atoms with Gasteiger partial charge in [0.05, 0.1) is 4.58 Å². The average molecular weight is 163 g/mol. The van der Waals surface area contributed by atoms with Crippen LogP contribution in [0.2, 0.25) is 0 Å². The Bertz CT molecular complexity index is 71.5. The van der Waals surface area contributed by atoms with Crippen LogP contribution in [-0.2, 0) is 0 Å². The van der Waals surface area contributed by atoms with Crippen LogP contribution in [0.5, 0.6) is 0 Å². The molecule has 0 aromatic heterocycles. The molecule has 0 aliphatic carbocycles. The van der Waals surface area contributed by atoms with Crippen molar-refractivity contribution in [3.63, 3.8) is 0 Å². The minimum absolute atomic E-state index is 0.859. The van der Waals surface area contributed by atoms with E-state index in [0.717, 1.165) is 11.1 Å². The van der Waals surface area contributed by atoms with Gasteiger partial charge in [0, 0.05) is 11.5 Å². The molecular formula is C6H13NS2. The summed E-state index contributed by atoms with van der Waals surface area (Å²) in [6.45, 7) is 0.859. The standard InChI is InChI=1S/C6H13NS2/c7-3-1-2-6-8-4-5-9-6/h6H,1-5,7H2. The van der Waals surface area contributed by atoms with Crippen LogP contribution in [0, 0.1) is 0 Å². The van der Waals surface area contributed by atoms with Gasteiger partial charge < -0.3 is 5.73 Å². The van der Waals surface area contributed by atoms with E-state index in [-0.39, 0.29) is 0 Å². The van der Waals surface area contributed by atoms with E-state index >= 15 is 0 Å². The molecule has 0 unspecified atom stereocenters. The van der Waals surface area contributed by atoms with Gasteiger partial charge in [0.1, 0.15) is 0 Å². The number of hydrogen-bond acceptors (Lipinski definition) is 3. The predicted molar refractivity (Wildman–Crippen MR) is 47.0 cm³/mol. The lowest BCUT2D eigenvalue weighted by atomic mass is 10.3. The van der Waals surface area contributed by atoms with Crippen molar-refractivity contribution in [2.24, 2.45) is 5.73 Å². The lowest BCUT2D eigenvalue weighted by Gasteiger charge is -2.04. The summed E-state index contributed by atoms with van der Waals surface area (Å²) in [6.07, 6.45) is 2.51. The van der Waals surface area contributed by atoms with Crippen molar-refractivity contribution in [1.29, 1.82) is 0 Å². The first kappa shape index (κ1) is 7.76. The number of nitrogens with two attached hydrogens (primary N) is 1. The minimum Gasteiger partial charge on any atom is -0.330 e. The molecule has 1 saturated heterocycles. The van der Waals surface area contributed by atoms with Crippen molar-refractivity contribution in [3.8, 4) is 0 Å². The van der Waals surface area contributed by atoms with E-state index in [9.17, 15) is 0 Å². The first-order chi connectivity index (χ1) is 4.43. The van der Waals surface area contributed by atoms with E-state index in [4.69, 9.17) is 5.73 Å². The van der Waals surface area contributed by atoms with Crippen LogP contribution < -0.4 is 5.73 Å². The maximum atomic E-state index is 5.39. The van der Waals surface area contributed by atoms with Gasteiger partial charge >= 0.3 is 0 Å². The van der Waals surface area contributed by atoms with Crippen LogP contribution in [-0.4, -0.2) is 22.6 Å². The highest BCUT2D eigenvalue weighted by Gasteiger charge is 2.14. The molecule has 9 heavy (non-hydrogen) atoms. The normalized spacial score (nSPS) is 21.0. The quantitative estimate of drug-likeness (QED) is 0.683. The SMILES string of the molecule is NCCCC1SCCS1. The van der Waals surface area contributed by atoms with E-state index in [1.54, 1.807) is 0 Å².